The maximum absolute atomic E-state index is 12.2. The first-order valence-electron chi connectivity index (χ1n) is 5.84. The molecule has 1 fully saturated rings. The third kappa shape index (κ3) is 2.45. The van der Waals surface area contributed by atoms with Crippen LogP contribution in [0, 0.1) is 6.92 Å². The molecule has 0 spiro atoms. The van der Waals surface area contributed by atoms with Crippen LogP contribution in [0.25, 0.3) is 0 Å². The topological polar surface area (TPSA) is 41.1 Å². The number of para-hydroxylation sites is 1. The zero-order valence-electron chi connectivity index (χ0n) is 10.1. The van der Waals surface area contributed by atoms with E-state index in [1.807, 2.05) is 26.0 Å². The number of hydrogen-bond donors (Lipinski definition) is 2. The number of benzene rings is 1. The molecule has 3 nitrogen and oxygen atoms in total. The first kappa shape index (κ1) is 12.4. The number of carbonyl (C=O) groups excluding carboxylic acids is 1. The van der Waals surface area contributed by atoms with E-state index in [1.54, 1.807) is 6.07 Å². The van der Waals surface area contributed by atoms with Gasteiger partial charge in [0.05, 0.1) is 16.2 Å². The van der Waals surface area contributed by atoms with E-state index in [0.29, 0.717) is 10.7 Å². The van der Waals surface area contributed by atoms with Crippen LogP contribution in [0.15, 0.2) is 18.2 Å². The Morgan fingerprint density at radius 2 is 2.29 bits per heavy atom. The Morgan fingerprint density at radius 1 is 1.53 bits per heavy atom. The van der Waals surface area contributed by atoms with Gasteiger partial charge in [0.15, 0.2) is 0 Å². The van der Waals surface area contributed by atoms with Gasteiger partial charge in [-0.15, -0.1) is 0 Å². The van der Waals surface area contributed by atoms with Crippen LogP contribution in [0.1, 0.15) is 25.3 Å². The molecule has 0 radical (unpaired) electrons. The molecule has 92 valence electrons. The van der Waals surface area contributed by atoms with Gasteiger partial charge in [-0.3, -0.25) is 4.79 Å². The number of carbonyl (C=O) groups is 1. The van der Waals surface area contributed by atoms with Crippen molar-refractivity contribution in [2.45, 2.75) is 32.2 Å². The standard InChI is InChI=1S/C13H17ClN2O/c1-9-5-3-6-10(14)11(9)16-12(17)13(2)7-4-8-15-13/h3,5-6,15H,4,7-8H2,1-2H3,(H,16,17). The zero-order chi connectivity index (χ0) is 12.5. The molecule has 1 aromatic rings. The summed E-state index contributed by atoms with van der Waals surface area (Å²) >= 11 is 6.09. The number of nitrogens with one attached hydrogen (secondary N) is 2. The molecule has 1 atom stereocenters. The second-order valence-electron chi connectivity index (χ2n) is 4.75. The molecular weight excluding hydrogens is 236 g/mol. The predicted octanol–water partition coefficient (Wildman–Crippen LogP) is 2.73. The molecule has 17 heavy (non-hydrogen) atoms. The smallest absolute Gasteiger partial charge is 0.244 e. The Bertz CT molecular complexity index is 419. The molecule has 0 aromatic heterocycles. The Kier molecular flexibility index (Phi) is 3.40. The Balaban J connectivity index is 2.18. The lowest BCUT2D eigenvalue weighted by molar-refractivity contribution is -0.121. The molecule has 1 heterocycles. The van der Waals surface area contributed by atoms with Crippen LogP contribution in [0.4, 0.5) is 5.69 Å². The maximum atomic E-state index is 12.2. The summed E-state index contributed by atoms with van der Waals surface area (Å²) in [7, 11) is 0. The van der Waals surface area contributed by atoms with Crippen molar-refractivity contribution in [3.8, 4) is 0 Å². The summed E-state index contributed by atoms with van der Waals surface area (Å²) in [4.78, 5) is 12.2. The fourth-order valence-corrected chi connectivity index (χ4v) is 2.40. The normalized spacial score (nSPS) is 23.7. The van der Waals surface area contributed by atoms with Crippen molar-refractivity contribution in [2.75, 3.05) is 11.9 Å². The predicted molar refractivity (Wildman–Crippen MR) is 70.5 cm³/mol. The average Bonchev–Trinajstić information content (AvgIpc) is 2.72. The van der Waals surface area contributed by atoms with Crippen LogP contribution < -0.4 is 10.6 Å². The van der Waals surface area contributed by atoms with E-state index in [0.717, 1.165) is 24.9 Å². The summed E-state index contributed by atoms with van der Waals surface area (Å²) in [5.41, 5.74) is 1.23. The minimum Gasteiger partial charge on any atom is -0.323 e. The second-order valence-corrected chi connectivity index (χ2v) is 5.16. The van der Waals surface area contributed by atoms with Gasteiger partial charge in [0, 0.05) is 0 Å². The van der Waals surface area contributed by atoms with Crippen LogP contribution in [0.3, 0.4) is 0 Å². The highest BCUT2D eigenvalue weighted by molar-refractivity contribution is 6.34. The second kappa shape index (κ2) is 4.67. The van der Waals surface area contributed by atoms with E-state index < -0.39 is 5.54 Å². The van der Waals surface area contributed by atoms with Crippen molar-refractivity contribution in [2.24, 2.45) is 0 Å². The number of hydrogen-bond acceptors (Lipinski definition) is 2. The highest BCUT2D eigenvalue weighted by Crippen LogP contribution is 2.27. The molecule has 1 aromatic carbocycles. The van der Waals surface area contributed by atoms with Gasteiger partial charge in [-0.05, 0) is 44.9 Å². The fourth-order valence-electron chi connectivity index (χ4n) is 2.13. The summed E-state index contributed by atoms with van der Waals surface area (Å²) in [5, 5.41) is 6.75. The third-order valence-electron chi connectivity index (χ3n) is 3.33. The Morgan fingerprint density at radius 3 is 2.88 bits per heavy atom. The molecule has 1 aliphatic rings. The SMILES string of the molecule is Cc1cccc(Cl)c1NC(=O)C1(C)CCCN1. The zero-order valence-corrected chi connectivity index (χ0v) is 10.9. The average molecular weight is 253 g/mol. The minimum atomic E-state index is -0.467. The molecule has 1 saturated heterocycles. The van der Waals surface area contributed by atoms with E-state index in [9.17, 15) is 4.79 Å². The molecule has 0 bridgehead atoms. The quantitative estimate of drug-likeness (QED) is 0.850. The van der Waals surface area contributed by atoms with Gasteiger partial charge in [-0.1, -0.05) is 23.7 Å². The number of rotatable bonds is 2. The van der Waals surface area contributed by atoms with Crippen LogP contribution in [-0.4, -0.2) is 18.0 Å². The minimum absolute atomic E-state index is 0.00815. The van der Waals surface area contributed by atoms with Crippen molar-refractivity contribution >= 4 is 23.2 Å². The maximum Gasteiger partial charge on any atom is 0.244 e. The van der Waals surface area contributed by atoms with E-state index in [1.165, 1.54) is 0 Å². The molecule has 2 N–H and O–H groups in total. The fraction of sp³-hybridized carbons (Fsp3) is 0.462. The van der Waals surface area contributed by atoms with Gasteiger partial charge in [0.2, 0.25) is 5.91 Å². The summed E-state index contributed by atoms with van der Waals surface area (Å²) in [6.45, 7) is 4.76. The van der Waals surface area contributed by atoms with Crippen LogP contribution in [0.2, 0.25) is 5.02 Å². The van der Waals surface area contributed by atoms with Gasteiger partial charge in [0.25, 0.3) is 0 Å². The number of anilines is 1. The van der Waals surface area contributed by atoms with Crippen molar-refractivity contribution in [3.05, 3.63) is 28.8 Å². The molecule has 1 amide bonds. The van der Waals surface area contributed by atoms with Crippen molar-refractivity contribution < 1.29 is 4.79 Å². The Hall–Kier alpha value is -1.06. The first-order chi connectivity index (χ1) is 8.03. The summed E-state index contributed by atoms with van der Waals surface area (Å²) in [5.74, 6) is -0.00815. The third-order valence-corrected chi connectivity index (χ3v) is 3.65. The molecule has 1 unspecified atom stereocenters. The lowest BCUT2D eigenvalue weighted by Gasteiger charge is -2.24. The van der Waals surface area contributed by atoms with Crippen LogP contribution in [0.5, 0.6) is 0 Å². The van der Waals surface area contributed by atoms with E-state index >= 15 is 0 Å². The molecule has 0 aliphatic carbocycles. The molecule has 4 heteroatoms. The highest BCUT2D eigenvalue weighted by Gasteiger charge is 2.36. The first-order valence-corrected chi connectivity index (χ1v) is 6.22. The van der Waals surface area contributed by atoms with Crippen LogP contribution in [-0.2, 0) is 4.79 Å². The highest BCUT2D eigenvalue weighted by atomic mass is 35.5. The van der Waals surface area contributed by atoms with Crippen molar-refractivity contribution in [1.29, 1.82) is 0 Å². The van der Waals surface area contributed by atoms with E-state index in [2.05, 4.69) is 10.6 Å². The molecule has 1 aliphatic heterocycles. The van der Waals surface area contributed by atoms with E-state index in [-0.39, 0.29) is 5.91 Å². The van der Waals surface area contributed by atoms with Crippen molar-refractivity contribution in [3.63, 3.8) is 0 Å². The molecule has 2 rings (SSSR count). The lowest BCUT2D eigenvalue weighted by Crippen LogP contribution is -2.48. The van der Waals surface area contributed by atoms with Crippen LogP contribution >= 0.6 is 11.6 Å². The van der Waals surface area contributed by atoms with Gasteiger partial charge < -0.3 is 10.6 Å². The summed E-state index contributed by atoms with van der Waals surface area (Å²) in [6, 6.07) is 5.60. The number of aryl methyl sites for hydroxylation is 1. The van der Waals surface area contributed by atoms with E-state index in [4.69, 9.17) is 11.6 Å². The molecular formula is C13H17ClN2O. The monoisotopic (exact) mass is 252 g/mol. The lowest BCUT2D eigenvalue weighted by atomic mass is 9.99. The Labute approximate surface area is 107 Å². The van der Waals surface area contributed by atoms with Gasteiger partial charge in [0.1, 0.15) is 0 Å². The van der Waals surface area contributed by atoms with Crippen molar-refractivity contribution in [1.82, 2.24) is 5.32 Å². The largest absolute Gasteiger partial charge is 0.323 e. The molecule has 0 saturated carbocycles. The van der Waals surface area contributed by atoms with Gasteiger partial charge >= 0.3 is 0 Å². The summed E-state index contributed by atoms with van der Waals surface area (Å²) < 4.78 is 0. The number of halogens is 1. The van der Waals surface area contributed by atoms with Gasteiger partial charge in [-0.25, -0.2) is 0 Å². The van der Waals surface area contributed by atoms with Gasteiger partial charge in [-0.2, -0.15) is 0 Å². The summed E-state index contributed by atoms with van der Waals surface area (Å²) in [6.07, 6.45) is 1.90. The number of amides is 1.